The predicted octanol–water partition coefficient (Wildman–Crippen LogP) is 4.16. The second kappa shape index (κ2) is 5.23. The van der Waals surface area contributed by atoms with Gasteiger partial charge in [-0.05, 0) is 61.8 Å². The van der Waals surface area contributed by atoms with Crippen LogP contribution in [0.4, 0.5) is 4.39 Å². The lowest BCUT2D eigenvalue weighted by atomic mass is 9.78. The number of aliphatic hydroxyl groups excluding tert-OH is 1. The third kappa shape index (κ3) is 2.81. The maximum atomic E-state index is 13.3. The Morgan fingerprint density at radius 1 is 1.33 bits per heavy atom. The van der Waals surface area contributed by atoms with Crippen LogP contribution < -0.4 is 0 Å². The Balaban J connectivity index is 2.23. The number of allylic oxidation sites excluding steroid dienone is 2. The third-order valence-corrected chi connectivity index (χ3v) is 3.83. The summed E-state index contributed by atoms with van der Waals surface area (Å²) in [5.41, 5.74) is 3.03. The van der Waals surface area contributed by atoms with Gasteiger partial charge in [-0.25, -0.2) is 4.39 Å². The number of hydrogen-bond acceptors (Lipinski definition) is 1. The Labute approximate surface area is 108 Å². The van der Waals surface area contributed by atoms with E-state index in [0.717, 1.165) is 24.0 Å². The lowest BCUT2D eigenvalue weighted by Gasteiger charge is -2.30. The first-order chi connectivity index (χ1) is 8.47. The summed E-state index contributed by atoms with van der Waals surface area (Å²) in [6.07, 6.45) is 3.57. The summed E-state index contributed by atoms with van der Waals surface area (Å²) >= 11 is 0. The molecule has 2 heteroatoms. The van der Waals surface area contributed by atoms with E-state index in [0.29, 0.717) is 5.92 Å². The van der Waals surface area contributed by atoms with Crippen LogP contribution in [-0.2, 0) is 0 Å². The molecule has 0 aromatic heterocycles. The molecule has 2 rings (SSSR count). The Morgan fingerprint density at radius 2 is 2.06 bits per heavy atom. The maximum absolute atomic E-state index is 13.3. The van der Waals surface area contributed by atoms with E-state index in [1.54, 1.807) is 6.07 Å². The van der Waals surface area contributed by atoms with Crippen molar-refractivity contribution in [3.63, 3.8) is 0 Å². The van der Waals surface area contributed by atoms with Gasteiger partial charge in [0.05, 0.1) is 6.10 Å². The van der Waals surface area contributed by atoms with Crippen LogP contribution in [0.15, 0.2) is 29.8 Å². The molecule has 0 aliphatic heterocycles. The minimum absolute atomic E-state index is 0.200. The zero-order chi connectivity index (χ0) is 13.3. The molecule has 1 aromatic rings. The highest BCUT2D eigenvalue weighted by Crippen LogP contribution is 2.37. The standard InChI is InChI=1S/C16H21FO/c1-10-6-11(2)8-13(7-10)16(18)15-9-14(17)5-4-12(15)3/h4-6,9-10,13,16,18H,7-8H2,1-3H3. The summed E-state index contributed by atoms with van der Waals surface area (Å²) in [5, 5.41) is 10.5. The van der Waals surface area contributed by atoms with Crippen LogP contribution in [0.2, 0.25) is 0 Å². The summed E-state index contributed by atoms with van der Waals surface area (Å²) in [6, 6.07) is 4.65. The lowest BCUT2D eigenvalue weighted by molar-refractivity contribution is 0.0924. The topological polar surface area (TPSA) is 20.2 Å². The number of aliphatic hydroxyl groups is 1. The van der Waals surface area contributed by atoms with Crippen LogP contribution >= 0.6 is 0 Å². The average Bonchev–Trinajstić information content (AvgIpc) is 2.30. The van der Waals surface area contributed by atoms with Gasteiger partial charge < -0.3 is 5.11 Å². The molecule has 1 aliphatic rings. The van der Waals surface area contributed by atoms with E-state index in [1.807, 2.05) is 6.92 Å². The Hall–Kier alpha value is -1.15. The van der Waals surface area contributed by atoms with E-state index in [9.17, 15) is 9.50 Å². The number of halogens is 1. The van der Waals surface area contributed by atoms with Crippen molar-refractivity contribution < 1.29 is 9.50 Å². The molecule has 1 N–H and O–H groups in total. The van der Waals surface area contributed by atoms with E-state index >= 15 is 0 Å². The molecule has 0 bridgehead atoms. The molecular formula is C16H21FO. The fourth-order valence-corrected chi connectivity index (χ4v) is 3.02. The predicted molar refractivity (Wildman–Crippen MR) is 71.7 cm³/mol. The van der Waals surface area contributed by atoms with Gasteiger partial charge in [0.15, 0.2) is 0 Å². The number of aryl methyl sites for hydroxylation is 1. The quantitative estimate of drug-likeness (QED) is 0.779. The van der Waals surface area contributed by atoms with Crippen LogP contribution in [0.1, 0.15) is 43.9 Å². The van der Waals surface area contributed by atoms with Crippen molar-refractivity contribution in [1.82, 2.24) is 0 Å². The Morgan fingerprint density at radius 3 is 2.72 bits per heavy atom. The van der Waals surface area contributed by atoms with Crippen molar-refractivity contribution in [3.05, 3.63) is 46.8 Å². The van der Waals surface area contributed by atoms with Gasteiger partial charge in [0.2, 0.25) is 0 Å². The lowest BCUT2D eigenvalue weighted by Crippen LogP contribution is -2.20. The van der Waals surface area contributed by atoms with Crippen LogP contribution in [0, 0.1) is 24.6 Å². The number of rotatable bonds is 2. The van der Waals surface area contributed by atoms with Crippen LogP contribution in [0.3, 0.4) is 0 Å². The van der Waals surface area contributed by atoms with Gasteiger partial charge in [0.25, 0.3) is 0 Å². The molecule has 0 amide bonds. The fraction of sp³-hybridized carbons (Fsp3) is 0.500. The first-order valence-corrected chi connectivity index (χ1v) is 6.58. The van der Waals surface area contributed by atoms with Crippen molar-refractivity contribution in [2.24, 2.45) is 11.8 Å². The minimum atomic E-state index is -0.563. The van der Waals surface area contributed by atoms with Crippen LogP contribution in [0.25, 0.3) is 0 Å². The van der Waals surface area contributed by atoms with Gasteiger partial charge in [-0.15, -0.1) is 0 Å². The molecule has 18 heavy (non-hydrogen) atoms. The Bertz CT molecular complexity index is 464. The molecule has 1 aliphatic carbocycles. The molecule has 3 atom stereocenters. The van der Waals surface area contributed by atoms with Gasteiger partial charge in [-0.3, -0.25) is 0 Å². The zero-order valence-corrected chi connectivity index (χ0v) is 11.3. The fourth-order valence-electron chi connectivity index (χ4n) is 3.02. The summed E-state index contributed by atoms with van der Waals surface area (Å²) in [5.74, 6) is 0.420. The van der Waals surface area contributed by atoms with Gasteiger partial charge >= 0.3 is 0 Å². The summed E-state index contributed by atoms with van der Waals surface area (Å²) in [6.45, 7) is 6.20. The molecule has 0 radical (unpaired) electrons. The van der Waals surface area contributed by atoms with Crippen molar-refractivity contribution in [2.75, 3.05) is 0 Å². The average molecular weight is 248 g/mol. The second-order valence-corrected chi connectivity index (χ2v) is 5.64. The summed E-state index contributed by atoms with van der Waals surface area (Å²) in [4.78, 5) is 0. The first-order valence-electron chi connectivity index (χ1n) is 6.58. The molecule has 1 nitrogen and oxygen atoms in total. The van der Waals surface area contributed by atoms with Gasteiger partial charge in [0, 0.05) is 0 Å². The highest BCUT2D eigenvalue weighted by atomic mass is 19.1. The second-order valence-electron chi connectivity index (χ2n) is 5.64. The summed E-state index contributed by atoms with van der Waals surface area (Å²) in [7, 11) is 0. The van der Waals surface area contributed by atoms with Gasteiger partial charge in [-0.2, -0.15) is 0 Å². The molecule has 98 valence electrons. The van der Waals surface area contributed by atoms with Crippen molar-refractivity contribution >= 4 is 0 Å². The smallest absolute Gasteiger partial charge is 0.123 e. The molecule has 1 aromatic carbocycles. The van der Waals surface area contributed by atoms with Crippen molar-refractivity contribution in [2.45, 2.75) is 39.7 Å². The van der Waals surface area contributed by atoms with Crippen LogP contribution in [-0.4, -0.2) is 5.11 Å². The van der Waals surface area contributed by atoms with E-state index in [4.69, 9.17) is 0 Å². The van der Waals surface area contributed by atoms with E-state index in [2.05, 4.69) is 19.9 Å². The number of hydrogen-bond donors (Lipinski definition) is 1. The largest absolute Gasteiger partial charge is 0.388 e. The monoisotopic (exact) mass is 248 g/mol. The molecule has 0 fully saturated rings. The molecule has 0 heterocycles. The molecule has 0 saturated heterocycles. The van der Waals surface area contributed by atoms with E-state index in [-0.39, 0.29) is 11.7 Å². The minimum Gasteiger partial charge on any atom is -0.388 e. The normalized spacial score (nSPS) is 25.7. The van der Waals surface area contributed by atoms with Crippen molar-refractivity contribution in [1.29, 1.82) is 0 Å². The van der Waals surface area contributed by atoms with E-state index < -0.39 is 6.10 Å². The maximum Gasteiger partial charge on any atom is 0.123 e. The van der Waals surface area contributed by atoms with Gasteiger partial charge in [0.1, 0.15) is 5.82 Å². The number of benzene rings is 1. The van der Waals surface area contributed by atoms with Gasteiger partial charge in [-0.1, -0.05) is 24.6 Å². The van der Waals surface area contributed by atoms with Crippen molar-refractivity contribution in [3.8, 4) is 0 Å². The molecule has 0 spiro atoms. The molecular weight excluding hydrogens is 227 g/mol. The SMILES string of the molecule is CC1=CC(C)CC(C(O)c2cc(F)ccc2C)C1. The highest BCUT2D eigenvalue weighted by molar-refractivity contribution is 5.29. The molecule has 3 unspecified atom stereocenters. The summed E-state index contributed by atoms with van der Waals surface area (Å²) < 4.78 is 13.3. The van der Waals surface area contributed by atoms with Crippen LogP contribution in [0.5, 0.6) is 0 Å². The van der Waals surface area contributed by atoms with E-state index in [1.165, 1.54) is 17.7 Å². The highest BCUT2D eigenvalue weighted by Gasteiger charge is 2.27. The third-order valence-electron chi connectivity index (χ3n) is 3.83. The zero-order valence-electron chi connectivity index (χ0n) is 11.3. The first kappa shape index (κ1) is 13.3. The molecule has 0 saturated carbocycles. The Kier molecular flexibility index (Phi) is 3.86.